The van der Waals surface area contributed by atoms with Gasteiger partial charge in [-0.3, -0.25) is 9.59 Å². The molecule has 0 aromatic heterocycles. The van der Waals surface area contributed by atoms with Gasteiger partial charge in [-0.2, -0.15) is 0 Å². The van der Waals surface area contributed by atoms with Crippen molar-refractivity contribution in [2.24, 2.45) is 17.8 Å². The Bertz CT molecular complexity index is 1190. The summed E-state index contributed by atoms with van der Waals surface area (Å²) < 4.78 is 15.5. The first-order chi connectivity index (χ1) is 19.7. The third kappa shape index (κ3) is 7.04. The van der Waals surface area contributed by atoms with E-state index in [1.807, 2.05) is 48.5 Å². The molecule has 41 heavy (non-hydrogen) atoms. The van der Waals surface area contributed by atoms with Crippen LogP contribution >= 0.6 is 0 Å². The first-order valence-electron chi connectivity index (χ1n) is 14.3. The summed E-state index contributed by atoms with van der Waals surface area (Å²) in [6, 6.07) is 15.1. The van der Waals surface area contributed by atoms with Gasteiger partial charge in [-0.05, 0) is 81.6 Å². The van der Waals surface area contributed by atoms with Crippen LogP contribution in [0, 0.1) is 17.8 Å². The second-order valence-corrected chi connectivity index (χ2v) is 10.8. The smallest absolute Gasteiger partial charge is 0.328 e. The monoisotopic (exact) mass is 566 g/mol. The molecule has 222 valence electrons. The molecule has 2 saturated heterocycles. The van der Waals surface area contributed by atoms with Gasteiger partial charge in [0.15, 0.2) is 0 Å². The van der Waals surface area contributed by atoms with Crippen molar-refractivity contribution in [3.8, 4) is 0 Å². The zero-order valence-corrected chi connectivity index (χ0v) is 24.4. The Morgan fingerprint density at radius 2 is 1.61 bits per heavy atom. The number of piperidine rings is 2. The van der Waals surface area contributed by atoms with E-state index in [1.54, 1.807) is 13.8 Å². The first kappa shape index (κ1) is 30.0. The Hall–Kier alpha value is -3.95. The topological polar surface area (TPSA) is 123 Å². The van der Waals surface area contributed by atoms with E-state index in [4.69, 9.17) is 19.9 Å². The molecular weight excluding hydrogens is 524 g/mol. The highest BCUT2D eigenvalue weighted by atomic mass is 16.5. The average molecular weight is 567 g/mol. The van der Waals surface area contributed by atoms with Crippen molar-refractivity contribution in [2.75, 3.05) is 61.3 Å². The van der Waals surface area contributed by atoms with Gasteiger partial charge >= 0.3 is 17.9 Å². The van der Waals surface area contributed by atoms with E-state index in [9.17, 15) is 14.4 Å². The SMILES string of the molecule is CCOC(=O)C(C)Nc1ccc(N2CCC(C(=O)OC)CC2C2CN(c3ccc(N)cc3)CCC2C(=O)OC)cc1. The molecule has 3 N–H and O–H groups in total. The number of benzene rings is 2. The van der Waals surface area contributed by atoms with Crippen molar-refractivity contribution in [1.82, 2.24) is 0 Å². The highest BCUT2D eigenvalue weighted by Crippen LogP contribution is 2.40. The van der Waals surface area contributed by atoms with Gasteiger partial charge in [0.1, 0.15) is 6.04 Å². The number of hydrogen-bond donors (Lipinski definition) is 2. The van der Waals surface area contributed by atoms with Crippen LogP contribution in [-0.2, 0) is 28.6 Å². The summed E-state index contributed by atoms with van der Waals surface area (Å²) in [7, 11) is 2.86. The molecule has 0 aliphatic carbocycles. The number of rotatable bonds is 9. The molecule has 2 heterocycles. The van der Waals surface area contributed by atoms with Gasteiger partial charge in [0.25, 0.3) is 0 Å². The predicted octanol–water partition coefficient (Wildman–Crippen LogP) is 3.71. The van der Waals surface area contributed by atoms with Crippen molar-refractivity contribution in [1.29, 1.82) is 0 Å². The molecule has 10 nitrogen and oxygen atoms in total. The van der Waals surface area contributed by atoms with Crippen LogP contribution in [0.5, 0.6) is 0 Å². The lowest BCUT2D eigenvalue weighted by atomic mass is 9.74. The summed E-state index contributed by atoms with van der Waals surface area (Å²) in [5.41, 5.74) is 9.46. The van der Waals surface area contributed by atoms with E-state index < -0.39 is 6.04 Å². The molecule has 5 atom stereocenters. The zero-order valence-electron chi connectivity index (χ0n) is 24.4. The van der Waals surface area contributed by atoms with Crippen molar-refractivity contribution in [3.05, 3.63) is 48.5 Å². The Morgan fingerprint density at radius 1 is 0.951 bits per heavy atom. The standard InChI is InChI=1S/C31H42N4O6/c1-5-41-29(36)20(2)33-23-8-12-25(13-9-23)35-17-14-21(30(37)39-3)18-28(35)27-19-34(16-15-26(27)31(38)40-4)24-10-6-22(32)7-11-24/h6-13,20-21,26-28,33H,5,14-19,32H2,1-4H3. The van der Waals surface area contributed by atoms with Crippen LogP contribution in [0.4, 0.5) is 22.7 Å². The normalized spacial score (nSPS) is 23.3. The van der Waals surface area contributed by atoms with Crippen LogP contribution in [0.15, 0.2) is 48.5 Å². The fraction of sp³-hybridized carbons (Fsp3) is 0.516. The number of nitrogens with zero attached hydrogens (tertiary/aromatic N) is 2. The summed E-state index contributed by atoms with van der Waals surface area (Å²) in [4.78, 5) is 42.4. The maximum atomic E-state index is 13.1. The number of anilines is 4. The van der Waals surface area contributed by atoms with E-state index in [0.717, 1.165) is 17.1 Å². The lowest BCUT2D eigenvalue weighted by molar-refractivity contribution is -0.149. The molecule has 2 aliphatic heterocycles. The van der Waals surface area contributed by atoms with Crippen LogP contribution < -0.4 is 20.9 Å². The van der Waals surface area contributed by atoms with E-state index in [2.05, 4.69) is 15.1 Å². The molecule has 5 unspecified atom stereocenters. The van der Waals surface area contributed by atoms with Crippen LogP contribution in [0.3, 0.4) is 0 Å². The predicted molar refractivity (Wildman–Crippen MR) is 159 cm³/mol. The maximum Gasteiger partial charge on any atom is 0.328 e. The maximum absolute atomic E-state index is 13.1. The molecule has 4 rings (SSSR count). The van der Waals surface area contributed by atoms with Gasteiger partial charge in [-0.1, -0.05) is 0 Å². The van der Waals surface area contributed by atoms with E-state index in [0.29, 0.717) is 51.2 Å². The lowest BCUT2D eigenvalue weighted by Crippen LogP contribution is -2.56. The molecule has 2 fully saturated rings. The summed E-state index contributed by atoms with van der Waals surface area (Å²) in [6.07, 6.45) is 1.87. The van der Waals surface area contributed by atoms with Gasteiger partial charge in [0.2, 0.25) is 0 Å². The number of esters is 3. The molecule has 10 heteroatoms. The van der Waals surface area contributed by atoms with E-state index >= 15 is 0 Å². The molecule has 0 amide bonds. The number of nitrogen functional groups attached to an aromatic ring is 1. The van der Waals surface area contributed by atoms with Crippen molar-refractivity contribution in [3.63, 3.8) is 0 Å². The number of hydrogen-bond acceptors (Lipinski definition) is 10. The Labute approximate surface area is 242 Å². The van der Waals surface area contributed by atoms with Gasteiger partial charge in [0, 0.05) is 54.3 Å². The van der Waals surface area contributed by atoms with Crippen molar-refractivity contribution in [2.45, 2.75) is 45.2 Å². The van der Waals surface area contributed by atoms with Gasteiger partial charge in [0.05, 0.1) is 32.7 Å². The van der Waals surface area contributed by atoms with Gasteiger partial charge < -0.3 is 35.1 Å². The second-order valence-electron chi connectivity index (χ2n) is 10.8. The number of methoxy groups -OCH3 is 2. The van der Waals surface area contributed by atoms with Gasteiger partial charge in [-0.15, -0.1) is 0 Å². The van der Waals surface area contributed by atoms with Gasteiger partial charge in [-0.25, -0.2) is 4.79 Å². The molecule has 0 bridgehead atoms. The summed E-state index contributed by atoms with van der Waals surface area (Å²) in [5, 5.41) is 3.19. The third-order valence-electron chi connectivity index (χ3n) is 8.32. The quantitative estimate of drug-likeness (QED) is 0.264. The minimum atomic E-state index is -0.480. The minimum Gasteiger partial charge on any atom is -0.469 e. The zero-order chi connectivity index (χ0) is 29.5. The Balaban J connectivity index is 1.63. The van der Waals surface area contributed by atoms with E-state index in [-0.39, 0.29) is 41.7 Å². The fourth-order valence-electron chi connectivity index (χ4n) is 6.17. The summed E-state index contributed by atoms with van der Waals surface area (Å²) >= 11 is 0. The molecule has 0 spiro atoms. The first-order valence-corrected chi connectivity index (χ1v) is 14.3. The number of carbonyl (C=O) groups is 3. The van der Waals surface area contributed by atoms with Crippen molar-refractivity contribution < 1.29 is 28.6 Å². The fourth-order valence-corrected chi connectivity index (χ4v) is 6.17. The largest absolute Gasteiger partial charge is 0.469 e. The molecular formula is C31H42N4O6. The van der Waals surface area contributed by atoms with Crippen LogP contribution in [0.2, 0.25) is 0 Å². The highest BCUT2D eigenvalue weighted by molar-refractivity contribution is 5.79. The second kappa shape index (κ2) is 13.6. The van der Waals surface area contributed by atoms with Crippen LogP contribution in [-0.4, -0.2) is 70.5 Å². The van der Waals surface area contributed by atoms with E-state index in [1.165, 1.54) is 14.2 Å². The molecule has 0 radical (unpaired) electrons. The molecule has 2 aliphatic rings. The lowest BCUT2D eigenvalue weighted by Gasteiger charge is -2.49. The van der Waals surface area contributed by atoms with Crippen LogP contribution in [0.1, 0.15) is 33.1 Å². The number of ether oxygens (including phenoxy) is 3. The molecule has 0 saturated carbocycles. The van der Waals surface area contributed by atoms with Crippen LogP contribution in [0.25, 0.3) is 0 Å². The Kier molecular flexibility index (Phi) is 9.96. The Morgan fingerprint density at radius 3 is 2.24 bits per heavy atom. The number of carbonyl (C=O) groups excluding carboxylic acids is 3. The average Bonchev–Trinajstić information content (AvgIpc) is 3.00. The summed E-state index contributed by atoms with van der Waals surface area (Å²) in [5.74, 6) is -1.40. The third-order valence-corrected chi connectivity index (χ3v) is 8.32. The minimum absolute atomic E-state index is 0.0946. The molecule has 2 aromatic rings. The highest BCUT2D eigenvalue weighted by Gasteiger charge is 2.45. The number of nitrogens with one attached hydrogen (secondary N) is 1. The van der Waals surface area contributed by atoms with Crippen molar-refractivity contribution >= 4 is 40.7 Å². The molecule has 2 aromatic carbocycles. The summed E-state index contributed by atoms with van der Waals surface area (Å²) in [6.45, 7) is 5.87. The number of nitrogens with two attached hydrogens (primary N) is 1.